The normalized spacial score (nSPS) is 10.0. The van der Waals surface area contributed by atoms with Crippen molar-refractivity contribution in [2.75, 3.05) is 33.0 Å². The van der Waals surface area contributed by atoms with Gasteiger partial charge < -0.3 is 15.5 Å². The lowest BCUT2D eigenvalue weighted by atomic mass is 10.6. The largest absolute Gasteiger partial charge is 0.395 e. The van der Waals surface area contributed by atoms with Crippen LogP contribution in [0.2, 0.25) is 0 Å². The standard InChI is InChI=1S/C5H14N2O2/c8-4-3-6-1-2-7-5-9/h6-9H,1-5H2. The summed E-state index contributed by atoms with van der Waals surface area (Å²) in [4.78, 5) is 0. The van der Waals surface area contributed by atoms with Crippen molar-refractivity contribution in [1.29, 1.82) is 0 Å². The van der Waals surface area contributed by atoms with Crippen molar-refractivity contribution in [1.82, 2.24) is 10.6 Å². The highest BCUT2D eigenvalue weighted by Crippen LogP contribution is 1.56. The molecule has 0 heterocycles. The second-order valence-electron chi connectivity index (χ2n) is 1.63. The van der Waals surface area contributed by atoms with E-state index >= 15 is 0 Å². The van der Waals surface area contributed by atoms with E-state index in [-0.39, 0.29) is 13.3 Å². The number of hydrogen-bond acceptors (Lipinski definition) is 4. The summed E-state index contributed by atoms with van der Waals surface area (Å²) in [5.74, 6) is 0. The van der Waals surface area contributed by atoms with Gasteiger partial charge in [-0.25, -0.2) is 0 Å². The maximum Gasteiger partial charge on any atom is 0.0931 e. The van der Waals surface area contributed by atoms with Crippen LogP contribution in [0.1, 0.15) is 0 Å². The summed E-state index contributed by atoms with van der Waals surface area (Å²) >= 11 is 0. The predicted molar refractivity (Wildman–Crippen MR) is 35.0 cm³/mol. The molecule has 0 spiro atoms. The molecule has 0 aromatic carbocycles. The topological polar surface area (TPSA) is 64.5 Å². The molecule has 0 aliphatic carbocycles. The van der Waals surface area contributed by atoms with Gasteiger partial charge in [-0.15, -0.1) is 0 Å². The van der Waals surface area contributed by atoms with Crippen LogP contribution in [-0.4, -0.2) is 43.2 Å². The second kappa shape index (κ2) is 7.84. The number of nitrogens with one attached hydrogen (secondary N) is 2. The molecule has 0 amide bonds. The molecule has 0 saturated heterocycles. The van der Waals surface area contributed by atoms with Crippen LogP contribution in [0.5, 0.6) is 0 Å². The van der Waals surface area contributed by atoms with Crippen LogP contribution in [0, 0.1) is 0 Å². The van der Waals surface area contributed by atoms with Crippen molar-refractivity contribution in [2.24, 2.45) is 0 Å². The Kier molecular flexibility index (Phi) is 7.70. The fourth-order valence-corrected chi connectivity index (χ4v) is 0.460. The smallest absolute Gasteiger partial charge is 0.0931 e. The average molecular weight is 134 g/mol. The van der Waals surface area contributed by atoms with Gasteiger partial charge in [0.2, 0.25) is 0 Å². The molecule has 9 heavy (non-hydrogen) atoms. The zero-order valence-electron chi connectivity index (χ0n) is 5.43. The van der Waals surface area contributed by atoms with Crippen molar-refractivity contribution in [3.63, 3.8) is 0 Å². The highest BCUT2D eigenvalue weighted by Gasteiger charge is 1.82. The fraction of sp³-hybridized carbons (Fsp3) is 1.00. The first-order valence-electron chi connectivity index (χ1n) is 3.05. The number of hydrogen-bond donors (Lipinski definition) is 4. The lowest BCUT2D eigenvalue weighted by molar-refractivity contribution is 0.258. The van der Waals surface area contributed by atoms with E-state index in [2.05, 4.69) is 10.6 Å². The molecule has 0 aliphatic rings. The first kappa shape index (κ1) is 8.84. The number of aliphatic hydroxyl groups is 2. The Morgan fingerprint density at radius 1 is 0.889 bits per heavy atom. The Hall–Kier alpha value is -0.160. The summed E-state index contributed by atoms with van der Waals surface area (Å²) < 4.78 is 0. The summed E-state index contributed by atoms with van der Waals surface area (Å²) in [6.45, 7) is 2.31. The van der Waals surface area contributed by atoms with E-state index in [1.807, 2.05) is 0 Å². The van der Waals surface area contributed by atoms with E-state index in [9.17, 15) is 0 Å². The zero-order chi connectivity index (χ0) is 6.95. The molecule has 0 unspecified atom stereocenters. The molecular weight excluding hydrogens is 120 g/mol. The van der Waals surface area contributed by atoms with E-state index in [4.69, 9.17) is 10.2 Å². The molecule has 4 N–H and O–H groups in total. The molecule has 56 valence electrons. The van der Waals surface area contributed by atoms with Crippen molar-refractivity contribution in [3.8, 4) is 0 Å². The Morgan fingerprint density at radius 2 is 1.56 bits per heavy atom. The van der Waals surface area contributed by atoms with Crippen LogP contribution >= 0.6 is 0 Å². The molecule has 0 aliphatic heterocycles. The van der Waals surface area contributed by atoms with Crippen molar-refractivity contribution >= 4 is 0 Å². The van der Waals surface area contributed by atoms with Gasteiger partial charge in [-0.3, -0.25) is 5.32 Å². The van der Waals surface area contributed by atoms with E-state index in [1.165, 1.54) is 0 Å². The molecule has 0 saturated carbocycles. The SMILES string of the molecule is OCCNCCNCO. The third kappa shape index (κ3) is 7.84. The molecule has 0 bridgehead atoms. The van der Waals surface area contributed by atoms with Crippen molar-refractivity contribution < 1.29 is 10.2 Å². The predicted octanol–water partition coefficient (Wildman–Crippen LogP) is -1.89. The van der Waals surface area contributed by atoms with Crippen LogP contribution in [0.25, 0.3) is 0 Å². The Bertz CT molecular complexity index is 46.2. The Labute approximate surface area is 54.9 Å². The third-order valence-electron chi connectivity index (χ3n) is 0.879. The average Bonchev–Trinajstić information content (AvgIpc) is 1.89. The van der Waals surface area contributed by atoms with E-state index in [1.54, 1.807) is 0 Å². The highest BCUT2D eigenvalue weighted by molar-refractivity contribution is 4.46. The first-order valence-corrected chi connectivity index (χ1v) is 3.05. The maximum atomic E-state index is 8.29. The minimum atomic E-state index is 0.0147. The molecule has 0 atom stereocenters. The molecule has 0 fully saturated rings. The Morgan fingerprint density at radius 3 is 2.11 bits per heavy atom. The molecule has 0 aromatic heterocycles. The number of rotatable bonds is 6. The van der Waals surface area contributed by atoms with Gasteiger partial charge in [0.1, 0.15) is 0 Å². The van der Waals surface area contributed by atoms with Crippen LogP contribution in [0.3, 0.4) is 0 Å². The zero-order valence-corrected chi connectivity index (χ0v) is 5.43. The molecule has 4 heteroatoms. The van der Waals surface area contributed by atoms with Gasteiger partial charge in [0.05, 0.1) is 13.3 Å². The summed E-state index contributed by atoms with van der Waals surface area (Å²) in [6.07, 6.45) is 0. The van der Waals surface area contributed by atoms with Crippen molar-refractivity contribution in [2.45, 2.75) is 0 Å². The van der Waals surface area contributed by atoms with Crippen molar-refractivity contribution in [3.05, 3.63) is 0 Å². The lowest BCUT2D eigenvalue weighted by Crippen LogP contribution is -2.29. The highest BCUT2D eigenvalue weighted by atomic mass is 16.3. The summed E-state index contributed by atoms with van der Waals surface area (Å²) in [6, 6.07) is 0. The van der Waals surface area contributed by atoms with Crippen LogP contribution < -0.4 is 10.6 Å². The quantitative estimate of drug-likeness (QED) is 0.253. The van der Waals surface area contributed by atoms with Gasteiger partial charge in [-0.2, -0.15) is 0 Å². The molecule has 0 radical (unpaired) electrons. The molecule has 0 rings (SSSR count). The van der Waals surface area contributed by atoms with Gasteiger partial charge in [0.25, 0.3) is 0 Å². The lowest BCUT2D eigenvalue weighted by Gasteiger charge is -2.00. The molecule has 4 nitrogen and oxygen atoms in total. The van der Waals surface area contributed by atoms with Crippen LogP contribution in [0.4, 0.5) is 0 Å². The maximum absolute atomic E-state index is 8.29. The third-order valence-corrected chi connectivity index (χ3v) is 0.879. The number of aliphatic hydroxyl groups excluding tert-OH is 2. The summed E-state index contributed by atoms with van der Waals surface area (Å²) in [5, 5.41) is 22.2. The molecular formula is C5H14N2O2. The summed E-state index contributed by atoms with van der Waals surface area (Å²) in [7, 11) is 0. The fourth-order valence-electron chi connectivity index (χ4n) is 0.460. The van der Waals surface area contributed by atoms with Gasteiger partial charge >= 0.3 is 0 Å². The van der Waals surface area contributed by atoms with E-state index < -0.39 is 0 Å². The van der Waals surface area contributed by atoms with E-state index in [0.717, 1.165) is 13.1 Å². The monoisotopic (exact) mass is 134 g/mol. The van der Waals surface area contributed by atoms with Crippen LogP contribution in [0.15, 0.2) is 0 Å². The minimum Gasteiger partial charge on any atom is -0.395 e. The van der Waals surface area contributed by atoms with Crippen LogP contribution in [-0.2, 0) is 0 Å². The van der Waals surface area contributed by atoms with Gasteiger partial charge in [0, 0.05) is 19.6 Å². The van der Waals surface area contributed by atoms with Gasteiger partial charge in [-0.05, 0) is 0 Å². The first-order chi connectivity index (χ1) is 4.41. The Balaban J connectivity index is 2.60. The van der Waals surface area contributed by atoms with Gasteiger partial charge in [-0.1, -0.05) is 0 Å². The van der Waals surface area contributed by atoms with Gasteiger partial charge in [0.15, 0.2) is 0 Å². The molecule has 0 aromatic rings. The second-order valence-corrected chi connectivity index (χ2v) is 1.63. The van der Waals surface area contributed by atoms with E-state index in [0.29, 0.717) is 6.54 Å². The summed E-state index contributed by atoms with van der Waals surface area (Å²) in [5.41, 5.74) is 0. The minimum absolute atomic E-state index is 0.0147.